The van der Waals surface area contributed by atoms with Gasteiger partial charge in [0.05, 0.1) is 17.1 Å². The number of nitrogens with one attached hydrogen (secondary N) is 1. The van der Waals surface area contributed by atoms with E-state index in [2.05, 4.69) is 15.2 Å². The molecule has 1 aliphatic rings. The Morgan fingerprint density at radius 3 is 2.70 bits per heavy atom. The number of aryl methyl sites for hydroxylation is 2. The average Bonchev–Trinajstić information content (AvgIpc) is 3.29. The van der Waals surface area contributed by atoms with Crippen molar-refractivity contribution in [1.29, 1.82) is 0 Å². The molecule has 1 N–H and O–H groups in total. The Hall–Kier alpha value is -1.99. The van der Waals surface area contributed by atoms with Crippen LogP contribution in [0.25, 0.3) is 0 Å². The molecular formula is C20H27N3O3S. The Morgan fingerprint density at radius 1 is 1.30 bits per heavy atom. The topological polar surface area (TPSA) is 75.4 Å². The van der Waals surface area contributed by atoms with Crippen molar-refractivity contribution >= 4 is 23.0 Å². The first-order valence-electron chi connectivity index (χ1n) is 9.50. The zero-order valence-corrected chi connectivity index (χ0v) is 16.8. The number of thiophene rings is 1. The molecule has 0 aromatic carbocycles. The van der Waals surface area contributed by atoms with Crippen LogP contribution in [0.4, 0.5) is 0 Å². The lowest BCUT2D eigenvalue weighted by Crippen LogP contribution is -2.38. The van der Waals surface area contributed by atoms with Crippen molar-refractivity contribution in [3.8, 4) is 0 Å². The van der Waals surface area contributed by atoms with Crippen LogP contribution in [0.1, 0.15) is 52.7 Å². The van der Waals surface area contributed by atoms with Crippen molar-refractivity contribution in [2.75, 3.05) is 19.6 Å². The highest BCUT2D eigenvalue weighted by Crippen LogP contribution is 2.19. The molecule has 0 atom stereocenters. The number of carbonyl (C=O) groups is 2. The third-order valence-electron chi connectivity index (χ3n) is 5.10. The monoisotopic (exact) mass is 389 g/mol. The molecule has 0 radical (unpaired) electrons. The van der Waals surface area contributed by atoms with E-state index in [4.69, 9.17) is 4.42 Å². The van der Waals surface area contributed by atoms with E-state index in [1.165, 1.54) is 11.3 Å². The molecule has 0 saturated carbocycles. The van der Waals surface area contributed by atoms with Gasteiger partial charge in [-0.15, -0.1) is 11.3 Å². The number of likely N-dealkylation sites (tertiary alicyclic amines) is 1. The van der Waals surface area contributed by atoms with Crippen LogP contribution in [0, 0.1) is 19.8 Å². The summed E-state index contributed by atoms with van der Waals surface area (Å²) in [7, 11) is 0. The second-order valence-corrected chi connectivity index (χ2v) is 8.12. The first-order chi connectivity index (χ1) is 13.0. The Balaban J connectivity index is 1.32. The molecular weight excluding hydrogens is 362 g/mol. The van der Waals surface area contributed by atoms with E-state index in [9.17, 15) is 9.59 Å². The van der Waals surface area contributed by atoms with Crippen molar-refractivity contribution in [2.45, 2.75) is 46.1 Å². The maximum atomic E-state index is 12.0. The summed E-state index contributed by atoms with van der Waals surface area (Å²) in [5, 5.41) is 4.87. The summed E-state index contributed by atoms with van der Waals surface area (Å²) in [5.41, 5.74) is 0.958. The van der Waals surface area contributed by atoms with Gasteiger partial charge in [-0.25, -0.2) is 4.98 Å². The van der Waals surface area contributed by atoms with Gasteiger partial charge in [-0.05, 0) is 57.1 Å². The van der Waals surface area contributed by atoms with Gasteiger partial charge in [0.25, 0.3) is 0 Å². The number of aromatic nitrogens is 1. The number of nitrogens with zero attached hydrogens (tertiary/aromatic N) is 2. The highest BCUT2D eigenvalue weighted by atomic mass is 32.1. The maximum Gasteiger partial charge on any atom is 0.220 e. The number of ketones is 1. The summed E-state index contributed by atoms with van der Waals surface area (Å²) in [5.74, 6) is 2.18. The molecule has 27 heavy (non-hydrogen) atoms. The van der Waals surface area contributed by atoms with E-state index >= 15 is 0 Å². The SMILES string of the molecule is Cc1nc(CN2CCC(CNC(=O)CCC(=O)c3cccs3)CC2)oc1C. The number of carbonyl (C=O) groups excluding carboxylic acids is 2. The first kappa shape index (κ1) is 19.8. The van der Waals surface area contributed by atoms with Gasteiger partial charge >= 0.3 is 0 Å². The van der Waals surface area contributed by atoms with Crippen LogP contribution in [0.5, 0.6) is 0 Å². The Morgan fingerprint density at radius 2 is 2.07 bits per heavy atom. The van der Waals surface area contributed by atoms with Gasteiger partial charge in [0, 0.05) is 19.4 Å². The molecule has 7 heteroatoms. The van der Waals surface area contributed by atoms with Crippen LogP contribution < -0.4 is 5.32 Å². The molecule has 0 spiro atoms. The van der Waals surface area contributed by atoms with E-state index in [0.717, 1.165) is 54.7 Å². The molecule has 146 valence electrons. The van der Waals surface area contributed by atoms with Crippen molar-refractivity contribution in [3.63, 3.8) is 0 Å². The molecule has 0 bridgehead atoms. The summed E-state index contributed by atoms with van der Waals surface area (Å²) < 4.78 is 5.66. The molecule has 1 fully saturated rings. The van der Waals surface area contributed by atoms with E-state index < -0.39 is 0 Å². The number of piperidine rings is 1. The lowest BCUT2D eigenvalue weighted by Gasteiger charge is -2.31. The normalized spacial score (nSPS) is 15.8. The minimum Gasteiger partial charge on any atom is -0.444 e. The second kappa shape index (κ2) is 9.28. The van der Waals surface area contributed by atoms with Crippen molar-refractivity contribution in [3.05, 3.63) is 39.7 Å². The van der Waals surface area contributed by atoms with Crippen LogP contribution in [0.2, 0.25) is 0 Å². The van der Waals surface area contributed by atoms with Gasteiger partial charge in [-0.3, -0.25) is 14.5 Å². The van der Waals surface area contributed by atoms with Gasteiger partial charge in [0.15, 0.2) is 5.78 Å². The fourth-order valence-electron chi connectivity index (χ4n) is 3.28. The standard InChI is InChI=1S/C20H27N3O3S/c1-14-15(2)26-20(22-14)13-23-9-7-16(8-10-23)12-21-19(25)6-5-17(24)18-4-3-11-27-18/h3-4,11,16H,5-10,12-13H2,1-2H3,(H,21,25). The number of oxazole rings is 1. The summed E-state index contributed by atoms with van der Waals surface area (Å²) in [6, 6.07) is 3.66. The maximum absolute atomic E-state index is 12.0. The van der Waals surface area contributed by atoms with Crippen LogP contribution >= 0.6 is 11.3 Å². The van der Waals surface area contributed by atoms with Gasteiger partial charge in [-0.2, -0.15) is 0 Å². The Kier molecular flexibility index (Phi) is 6.79. The lowest BCUT2D eigenvalue weighted by molar-refractivity contribution is -0.121. The summed E-state index contributed by atoms with van der Waals surface area (Å²) in [6.07, 6.45) is 2.64. The Bertz CT molecular complexity index is 742. The average molecular weight is 390 g/mol. The minimum absolute atomic E-state index is 0.0342. The molecule has 3 heterocycles. The molecule has 0 aliphatic carbocycles. The number of Topliss-reactive ketones (excluding diaryl/α,β-unsaturated/α-hetero) is 1. The van der Waals surface area contributed by atoms with Crippen LogP contribution in [-0.2, 0) is 11.3 Å². The summed E-state index contributed by atoms with van der Waals surface area (Å²) in [6.45, 7) is 7.31. The second-order valence-electron chi connectivity index (χ2n) is 7.17. The zero-order valence-electron chi connectivity index (χ0n) is 16.0. The number of rotatable bonds is 8. The highest BCUT2D eigenvalue weighted by molar-refractivity contribution is 7.12. The molecule has 1 saturated heterocycles. The molecule has 0 unspecified atom stereocenters. The van der Waals surface area contributed by atoms with E-state index in [1.54, 1.807) is 6.07 Å². The fourth-order valence-corrected chi connectivity index (χ4v) is 3.98. The number of amides is 1. The first-order valence-corrected chi connectivity index (χ1v) is 10.4. The third kappa shape index (κ3) is 5.74. The van der Waals surface area contributed by atoms with Gasteiger partial charge < -0.3 is 9.73 Å². The predicted octanol–water partition coefficient (Wildman–Crippen LogP) is 3.34. The van der Waals surface area contributed by atoms with E-state index in [1.807, 2.05) is 25.3 Å². The van der Waals surface area contributed by atoms with Gasteiger partial charge in [0.1, 0.15) is 5.76 Å². The molecule has 2 aromatic heterocycles. The number of hydrogen-bond acceptors (Lipinski definition) is 6. The predicted molar refractivity (Wildman–Crippen MR) is 105 cm³/mol. The minimum atomic E-state index is -0.0342. The molecule has 6 nitrogen and oxygen atoms in total. The molecule has 3 rings (SSSR count). The summed E-state index contributed by atoms with van der Waals surface area (Å²) in [4.78, 5) is 31.5. The molecule has 2 aromatic rings. The van der Waals surface area contributed by atoms with Crippen LogP contribution in [0.3, 0.4) is 0 Å². The molecule has 1 amide bonds. The quantitative estimate of drug-likeness (QED) is 0.701. The van der Waals surface area contributed by atoms with Gasteiger partial charge in [0.2, 0.25) is 11.8 Å². The van der Waals surface area contributed by atoms with E-state index in [-0.39, 0.29) is 24.5 Å². The number of hydrogen-bond donors (Lipinski definition) is 1. The van der Waals surface area contributed by atoms with Gasteiger partial charge in [-0.1, -0.05) is 6.07 Å². The smallest absolute Gasteiger partial charge is 0.220 e. The van der Waals surface area contributed by atoms with Crippen LogP contribution in [0.15, 0.2) is 21.9 Å². The fraction of sp³-hybridized carbons (Fsp3) is 0.550. The van der Waals surface area contributed by atoms with E-state index in [0.29, 0.717) is 12.5 Å². The van der Waals surface area contributed by atoms with Crippen molar-refractivity contribution < 1.29 is 14.0 Å². The van der Waals surface area contributed by atoms with Crippen molar-refractivity contribution in [1.82, 2.24) is 15.2 Å². The van der Waals surface area contributed by atoms with Crippen molar-refractivity contribution in [2.24, 2.45) is 5.92 Å². The van der Waals surface area contributed by atoms with Crippen LogP contribution in [-0.4, -0.2) is 41.2 Å². The third-order valence-corrected chi connectivity index (χ3v) is 6.01. The highest BCUT2D eigenvalue weighted by Gasteiger charge is 2.21. The largest absolute Gasteiger partial charge is 0.444 e. The zero-order chi connectivity index (χ0) is 19.2. The Labute approximate surface area is 164 Å². The molecule has 1 aliphatic heterocycles. The lowest BCUT2D eigenvalue weighted by atomic mass is 9.96. The summed E-state index contributed by atoms with van der Waals surface area (Å²) >= 11 is 1.42.